The normalized spacial score (nSPS) is 15.8. The van der Waals surface area contributed by atoms with Crippen molar-refractivity contribution in [3.63, 3.8) is 0 Å². The van der Waals surface area contributed by atoms with Gasteiger partial charge in [0.25, 0.3) is 5.91 Å². The molecule has 1 N–H and O–H groups in total. The second kappa shape index (κ2) is 7.17. The van der Waals surface area contributed by atoms with Gasteiger partial charge in [0.1, 0.15) is 15.8 Å². The van der Waals surface area contributed by atoms with Crippen molar-refractivity contribution in [3.8, 4) is 11.5 Å². The molecule has 1 amide bonds. The van der Waals surface area contributed by atoms with E-state index < -0.39 is 0 Å². The minimum absolute atomic E-state index is 0.186. The van der Waals surface area contributed by atoms with Crippen molar-refractivity contribution in [2.45, 2.75) is 0 Å². The maximum absolute atomic E-state index is 11.8. The minimum Gasteiger partial charge on any atom is -0.457 e. The molecule has 0 unspecified atom stereocenters. The Kier molecular flexibility index (Phi) is 5.21. The van der Waals surface area contributed by atoms with E-state index >= 15 is 0 Å². The molecule has 3 rings (SSSR count). The van der Waals surface area contributed by atoms with Crippen LogP contribution in [0.2, 0.25) is 0 Å². The van der Waals surface area contributed by atoms with E-state index in [0.29, 0.717) is 20.7 Å². The molecule has 0 radical (unpaired) electrons. The Balaban J connectivity index is 1.95. The summed E-state index contributed by atoms with van der Waals surface area (Å²) in [6.07, 6.45) is 1.78. The summed E-state index contributed by atoms with van der Waals surface area (Å²) < 4.78 is 8.28. The molecule has 7 heteroatoms. The Morgan fingerprint density at radius 3 is 2.43 bits per heavy atom. The van der Waals surface area contributed by atoms with Gasteiger partial charge < -0.3 is 10.1 Å². The van der Waals surface area contributed by atoms with Crippen molar-refractivity contribution in [3.05, 3.63) is 61.9 Å². The van der Waals surface area contributed by atoms with Crippen LogP contribution in [0.5, 0.6) is 11.5 Å². The number of thiocarbonyl (C=S) groups is 1. The first-order valence-corrected chi connectivity index (χ1v) is 9.30. The number of rotatable bonds is 3. The molecule has 2 aromatic rings. The van der Waals surface area contributed by atoms with Crippen LogP contribution < -0.4 is 10.1 Å². The topological polar surface area (TPSA) is 38.3 Å². The van der Waals surface area contributed by atoms with E-state index in [1.807, 2.05) is 42.5 Å². The van der Waals surface area contributed by atoms with E-state index in [4.69, 9.17) is 17.0 Å². The van der Waals surface area contributed by atoms with Crippen LogP contribution in [0.15, 0.2) is 56.3 Å². The SMILES string of the molecule is O=C1NC(=S)S/C1=C\c1cc(Br)ccc1Oc1ccc(Br)cc1. The summed E-state index contributed by atoms with van der Waals surface area (Å²) in [6, 6.07) is 13.2. The minimum atomic E-state index is -0.186. The van der Waals surface area contributed by atoms with Gasteiger partial charge in [-0.3, -0.25) is 4.79 Å². The Bertz CT molecular complexity index is 819. The zero-order valence-electron chi connectivity index (χ0n) is 11.5. The van der Waals surface area contributed by atoms with E-state index in [0.717, 1.165) is 14.5 Å². The fourth-order valence-electron chi connectivity index (χ4n) is 1.92. The first kappa shape index (κ1) is 16.7. The second-order valence-electron chi connectivity index (χ2n) is 4.59. The highest BCUT2D eigenvalue weighted by Gasteiger charge is 2.22. The number of halogens is 2. The van der Waals surface area contributed by atoms with Gasteiger partial charge in [-0.1, -0.05) is 55.8 Å². The summed E-state index contributed by atoms with van der Waals surface area (Å²) in [4.78, 5) is 12.4. The van der Waals surface area contributed by atoms with Crippen molar-refractivity contribution >= 4 is 72.1 Å². The number of benzene rings is 2. The highest BCUT2D eigenvalue weighted by molar-refractivity contribution is 9.10. The zero-order chi connectivity index (χ0) is 16.4. The van der Waals surface area contributed by atoms with Crippen molar-refractivity contribution in [1.29, 1.82) is 0 Å². The first-order valence-electron chi connectivity index (χ1n) is 6.49. The Morgan fingerprint density at radius 2 is 1.78 bits per heavy atom. The molecule has 3 nitrogen and oxygen atoms in total. The van der Waals surface area contributed by atoms with Crippen LogP contribution in [0.3, 0.4) is 0 Å². The second-order valence-corrected chi connectivity index (χ2v) is 8.14. The zero-order valence-corrected chi connectivity index (χ0v) is 16.3. The van der Waals surface area contributed by atoms with Crippen LogP contribution in [0, 0.1) is 0 Å². The Labute approximate surface area is 159 Å². The van der Waals surface area contributed by atoms with E-state index in [1.165, 1.54) is 11.8 Å². The van der Waals surface area contributed by atoms with E-state index in [9.17, 15) is 4.79 Å². The van der Waals surface area contributed by atoms with Crippen molar-refractivity contribution in [1.82, 2.24) is 5.32 Å². The number of nitrogens with one attached hydrogen (secondary N) is 1. The molecule has 0 aliphatic carbocycles. The summed E-state index contributed by atoms with van der Waals surface area (Å²) in [5.41, 5.74) is 0.796. The number of ether oxygens (including phenoxy) is 1. The molecule has 1 saturated heterocycles. The average molecular weight is 471 g/mol. The molecule has 0 atom stereocenters. The van der Waals surface area contributed by atoms with E-state index in [2.05, 4.69) is 37.2 Å². The molecule has 23 heavy (non-hydrogen) atoms. The standard InChI is InChI=1S/C16H9Br2NO2S2/c17-10-1-4-12(5-2-10)21-13-6-3-11(18)7-9(13)8-14-15(20)19-16(22)23-14/h1-8H,(H,19,20,22)/b14-8-. The maximum atomic E-state index is 11.8. The van der Waals surface area contributed by atoms with Crippen LogP contribution in [-0.2, 0) is 4.79 Å². The van der Waals surface area contributed by atoms with Crippen molar-refractivity contribution in [2.75, 3.05) is 0 Å². The van der Waals surface area contributed by atoms with Gasteiger partial charge in [-0.15, -0.1) is 0 Å². The third-order valence-corrected chi connectivity index (χ3v) is 5.13. The van der Waals surface area contributed by atoms with Crippen LogP contribution in [0.25, 0.3) is 6.08 Å². The molecule has 1 aliphatic rings. The smallest absolute Gasteiger partial charge is 0.263 e. The number of hydrogen-bond acceptors (Lipinski definition) is 4. The molecule has 0 spiro atoms. The molecule has 1 fully saturated rings. The fourth-order valence-corrected chi connectivity index (χ4v) is 3.60. The van der Waals surface area contributed by atoms with Gasteiger partial charge in [-0.2, -0.15) is 0 Å². The third-order valence-electron chi connectivity index (χ3n) is 2.94. The lowest BCUT2D eigenvalue weighted by Gasteiger charge is -2.10. The molecule has 1 aliphatic heterocycles. The van der Waals surface area contributed by atoms with Crippen LogP contribution in [0.1, 0.15) is 5.56 Å². The molecular weight excluding hydrogens is 462 g/mol. The van der Waals surface area contributed by atoms with Gasteiger partial charge in [0.2, 0.25) is 0 Å². The molecule has 2 aromatic carbocycles. The highest BCUT2D eigenvalue weighted by atomic mass is 79.9. The van der Waals surface area contributed by atoms with Gasteiger partial charge in [0.05, 0.1) is 4.91 Å². The first-order chi connectivity index (χ1) is 11.0. The highest BCUT2D eigenvalue weighted by Crippen LogP contribution is 2.33. The molecule has 116 valence electrons. The fraction of sp³-hybridized carbons (Fsp3) is 0. The summed E-state index contributed by atoms with van der Waals surface area (Å²) >= 11 is 13.1. The predicted molar refractivity (Wildman–Crippen MR) is 105 cm³/mol. The van der Waals surface area contributed by atoms with Gasteiger partial charge in [0.15, 0.2) is 0 Å². The summed E-state index contributed by atoms with van der Waals surface area (Å²) in [5, 5.41) is 2.61. The summed E-state index contributed by atoms with van der Waals surface area (Å²) in [6.45, 7) is 0. The number of carbonyl (C=O) groups excluding carboxylic acids is 1. The van der Waals surface area contributed by atoms with Gasteiger partial charge >= 0.3 is 0 Å². The Morgan fingerprint density at radius 1 is 1.09 bits per heavy atom. The van der Waals surface area contributed by atoms with E-state index in [-0.39, 0.29) is 5.91 Å². The van der Waals surface area contributed by atoms with Gasteiger partial charge in [0, 0.05) is 14.5 Å². The van der Waals surface area contributed by atoms with E-state index in [1.54, 1.807) is 6.08 Å². The molecular formula is C16H9Br2NO2S2. The van der Waals surface area contributed by atoms with Gasteiger partial charge in [-0.05, 0) is 48.5 Å². The predicted octanol–water partition coefficient (Wildman–Crippen LogP) is 5.49. The third kappa shape index (κ3) is 4.23. The molecule has 1 heterocycles. The number of amides is 1. The lowest BCUT2D eigenvalue weighted by molar-refractivity contribution is -0.115. The molecule has 0 saturated carbocycles. The summed E-state index contributed by atoms with van der Waals surface area (Å²) in [5.74, 6) is 1.19. The number of thioether (sulfide) groups is 1. The number of carbonyl (C=O) groups is 1. The summed E-state index contributed by atoms with van der Waals surface area (Å²) in [7, 11) is 0. The van der Waals surface area contributed by atoms with Crippen molar-refractivity contribution in [2.24, 2.45) is 0 Å². The number of hydrogen-bond donors (Lipinski definition) is 1. The lowest BCUT2D eigenvalue weighted by Crippen LogP contribution is -2.17. The Hall–Kier alpha value is -1.15. The molecule has 0 bridgehead atoms. The van der Waals surface area contributed by atoms with Crippen LogP contribution in [-0.4, -0.2) is 10.2 Å². The van der Waals surface area contributed by atoms with Crippen LogP contribution >= 0.6 is 55.8 Å². The lowest BCUT2D eigenvalue weighted by atomic mass is 10.2. The van der Waals surface area contributed by atoms with Gasteiger partial charge in [-0.25, -0.2) is 0 Å². The quantitative estimate of drug-likeness (QED) is 0.475. The molecule has 0 aromatic heterocycles. The maximum Gasteiger partial charge on any atom is 0.263 e. The van der Waals surface area contributed by atoms with Crippen molar-refractivity contribution < 1.29 is 9.53 Å². The average Bonchev–Trinajstić information content (AvgIpc) is 2.82. The largest absolute Gasteiger partial charge is 0.457 e. The monoisotopic (exact) mass is 469 g/mol. The van der Waals surface area contributed by atoms with Crippen LogP contribution in [0.4, 0.5) is 0 Å².